The molecule has 8 heteroatoms. The summed E-state index contributed by atoms with van der Waals surface area (Å²) >= 11 is 0. The van der Waals surface area contributed by atoms with Crippen LogP contribution >= 0.6 is 0 Å². The standard InChI is InChI=1S/C28H36FN3O4/c1-28(2,3)36-27(35)31-13-5-7-22(17-31)30-26(34)25-18-32(23-8-4-6-21(29)15-23)16-20(25)14-24(33)12-11-19-9-10-19/h4,6,8,15-16,18-19,22H,5,7,9-14,17H2,1-3H3,(H,30,34)/t22-/m0/s1. The van der Waals surface area contributed by atoms with Crippen LogP contribution in [0.15, 0.2) is 36.7 Å². The second kappa shape index (κ2) is 10.8. The molecule has 2 heterocycles. The maximum Gasteiger partial charge on any atom is 0.410 e. The van der Waals surface area contributed by atoms with Gasteiger partial charge >= 0.3 is 6.09 Å². The van der Waals surface area contributed by atoms with Gasteiger partial charge in [-0.3, -0.25) is 9.59 Å². The van der Waals surface area contributed by atoms with Crippen LogP contribution in [0.5, 0.6) is 0 Å². The molecule has 1 aromatic heterocycles. The Hall–Kier alpha value is -3.16. The predicted molar refractivity (Wildman–Crippen MR) is 135 cm³/mol. The summed E-state index contributed by atoms with van der Waals surface area (Å²) in [6.45, 7) is 6.42. The molecule has 2 fully saturated rings. The molecule has 1 aliphatic carbocycles. The molecule has 0 radical (unpaired) electrons. The Kier molecular flexibility index (Phi) is 7.81. The number of rotatable bonds is 8. The van der Waals surface area contributed by atoms with E-state index in [-0.39, 0.29) is 36.1 Å². The number of piperidine rings is 1. The Bertz CT molecular complexity index is 1120. The van der Waals surface area contributed by atoms with Crippen molar-refractivity contribution in [1.82, 2.24) is 14.8 Å². The summed E-state index contributed by atoms with van der Waals surface area (Å²) < 4.78 is 21.0. The molecule has 1 aromatic carbocycles. The smallest absolute Gasteiger partial charge is 0.410 e. The van der Waals surface area contributed by atoms with E-state index in [2.05, 4.69) is 5.32 Å². The molecule has 194 valence electrons. The van der Waals surface area contributed by atoms with Crippen molar-refractivity contribution in [2.75, 3.05) is 13.1 Å². The lowest BCUT2D eigenvalue weighted by atomic mass is 10.0. The lowest BCUT2D eigenvalue weighted by Crippen LogP contribution is -2.50. The van der Waals surface area contributed by atoms with E-state index in [1.165, 1.54) is 25.0 Å². The number of ether oxygens (including phenoxy) is 1. The van der Waals surface area contributed by atoms with Gasteiger partial charge in [0.1, 0.15) is 17.2 Å². The van der Waals surface area contributed by atoms with Gasteiger partial charge in [-0.2, -0.15) is 0 Å². The zero-order chi connectivity index (χ0) is 25.9. The van der Waals surface area contributed by atoms with E-state index in [9.17, 15) is 18.8 Å². The Morgan fingerprint density at radius 1 is 1.14 bits per heavy atom. The molecule has 0 bridgehead atoms. The lowest BCUT2D eigenvalue weighted by molar-refractivity contribution is -0.118. The Labute approximate surface area is 212 Å². The number of Topliss-reactive ketones (excluding diaryl/α,β-unsaturated/α-hetero) is 1. The Morgan fingerprint density at radius 2 is 1.92 bits per heavy atom. The van der Waals surface area contributed by atoms with Gasteiger partial charge in [0, 0.05) is 50.1 Å². The van der Waals surface area contributed by atoms with Crippen LogP contribution < -0.4 is 5.32 Å². The van der Waals surface area contributed by atoms with Crippen molar-refractivity contribution in [2.24, 2.45) is 5.92 Å². The number of halogens is 1. The summed E-state index contributed by atoms with van der Waals surface area (Å²) in [5.41, 5.74) is 1.01. The normalized spacial score (nSPS) is 18.1. The monoisotopic (exact) mass is 497 g/mol. The summed E-state index contributed by atoms with van der Waals surface area (Å²) in [5, 5.41) is 3.05. The van der Waals surface area contributed by atoms with Crippen LogP contribution in [0, 0.1) is 11.7 Å². The molecule has 0 spiro atoms. The molecule has 1 N–H and O–H groups in total. The van der Waals surface area contributed by atoms with Crippen LogP contribution in [-0.2, 0) is 16.0 Å². The Balaban J connectivity index is 1.48. The van der Waals surface area contributed by atoms with Gasteiger partial charge in [0.15, 0.2) is 0 Å². The van der Waals surface area contributed by atoms with Gasteiger partial charge in [0.05, 0.1) is 5.56 Å². The molecule has 2 aromatic rings. The van der Waals surface area contributed by atoms with Gasteiger partial charge in [-0.15, -0.1) is 0 Å². The fraction of sp³-hybridized carbons (Fsp3) is 0.536. The number of ketones is 1. The average Bonchev–Trinajstić information content (AvgIpc) is 3.55. The summed E-state index contributed by atoms with van der Waals surface area (Å²) in [6.07, 6.45) is 8.45. The van der Waals surface area contributed by atoms with Crippen molar-refractivity contribution in [3.63, 3.8) is 0 Å². The first-order valence-corrected chi connectivity index (χ1v) is 12.8. The van der Waals surface area contributed by atoms with Crippen molar-refractivity contribution in [3.8, 4) is 5.69 Å². The SMILES string of the molecule is CC(C)(C)OC(=O)N1CCC[C@H](NC(=O)c2cn(-c3cccc(F)c3)cc2CC(=O)CCC2CC2)C1. The van der Waals surface area contributed by atoms with Crippen molar-refractivity contribution in [3.05, 3.63) is 53.6 Å². The number of carbonyl (C=O) groups excluding carboxylic acids is 3. The first kappa shape index (κ1) is 25.9. The van der Waals surface area contributed by atoms with Crippen molar-refractivity contribution >= 4 is 17.8 Å². The van der Waals surface area contributed by atoms with Crippen LogP contribution in [-0.4, -0.2) is 52.0 Å². The Morgan fingerprint density at radius 3 is 2.61 bits per heavy atom. The zero-order valence-electron chi connectivity index (χ0n) is 21.4. The van der Waals surface area contributed by atoms with Gasteiger partial charge in [0.2, 0.25) is 0 Å². The molecule has 1 aliphatic heterocycles. The first-order valence-electron chi connectivity index (χ1n) is 12.8. The third kappa shape index (κ3) is 7.18. The highest BCUT2D eigenvalue weighted by Crippen LogP contribution is 2.33. The topological polar surface area (TPSA) is 80.6 Å². The third-order valence-corrected chi connectivity index (χ3v) is 6.58. The van der Waals surface area contributed by atoms with E-state index in [1.807, 2.05) is 20.8 Å². The van der Waals surface area contributed by atoms with Crippen molar-refractivity contribution in [2.45, 2.75) is 77.4 Å². The third-order valence-electron chi connectivity index (χ3n) is 6.58. The van der Waals surface area contributed by atoms with Crippen LogP contribution in [0.25, 0.3) is 5.69 Å². The number of nitrogens with one attached hydrogen (secondary N) is 1. The largest absolute Gasteiger partial charge is 0.444 e. The molecule has 2 aliphatic rings. The van der Waals surface area contributed by atoms with Crippen LogP contribution in [0.4, 0.5) is 9.18 Å². The molecule has 2 amide bonds. The molecular weight excluding hydrogens is 461 g/mol. The number of aromatic nitrogens is 1. The molecule has 1 saturated heterocycles. The molecule has 7 nitrogen and oxygen atoms in total. The average molecular weight is 498 g/mol. The maximum absolute atomic E-state index is 13.8. The van der Waals surface area contributed by atoms with E-state index in [0.717, 1.165) is 19.3 Å². The molecule has 4 rings (SSSR count). The summed E-state index contributed by atoms with van der Waals surface area (Å²) in [7, 11) is 0. The van der Waals surface area contributed by atoms with E-state index in [4.69, 9.17) is 4.74 Å². The van der Waals surface area contributed by atoms with E-state index >= 15 is 0 Å². The van der Waals surface area contributed by atoms with E-state index in [0.29, 0.717) is 42.2 Å². The van der Waals surface area contributed by atoms with Gasteiger partial charge < -0.3 is 19.5 Å². The lowest BCUT2D eigenvalue weighted by Gasteiger charge is -2.34. The number of carbonyl (C=O) groups is 3. The number of benzene rings is 1. The van der Waals surface area contributed by atoms with Gasteiger partial charge in [0.25, 0.3) is 5.91 Å². The second-order valence-electron chi connectivity index (χ2n) is 11.0. The van der Waals surface area contributed by atoms with Gasteiger partial charge in [-0.05, 0) is 69.7 Å². The first-order chi connectivity index (χ1) is 17.1. The number of amides is 2. The second-order valence-corrected chi connectivity index (χ2v) is 11.0. The van der Waals surface area contributed by atoms with Crippen LogP contribution in [0.3, 0.4) is 0 Å². The summed E-state index contributed by atoms with van der Waals surface area (Å²) in [4.78, 5) is 40.2. The summed E-state index contributed by atoms with van der Waals surface area (Å²) in [5.74, 6) is 0.0828. The minimum Gasteiger partial charge on any atom is -0.444 e. The highest BCUT2D eigenvalue weighted by molar-refractivity contribution is 5.97. The van der Waals surface area contributed by atoms with E-state index in [1.54, 1.807) is 34.0 Å². The van der Waals surface area contributed by atoms with Gasteiger partial charge in [-0.1, -0.05) is 18.9 Å². The maximum atomic E-state index is 13.8. The molecule has 0 unspecified atom stereocenters. The van der Waals surface area contributed by atoms with Crippen molar-refractivity contribution < 1.29 is 23.5 Å². The highest BCUT2D eigenvalue weighted by atomic mass is 19.1. The highest BCUT2D eigenvalue weighted by Gasteiger charge is 2.29. The van der Waals surface area contributed by atoms with Crippen LogP contribution in [0.2, 0.25) is 0 Å². The fourth-order valence-corrected chi connectivity index (χ4v) is 4.55. The number of hydrogen-bond acceptors (Lipinski definition) is 4. The number of hydrogen-bond donors (Lipinski definition) is 1. The molecular formula is C28H36FN3O4. The quantitative estimate of drug-likeness (QED) is 0.554. The number of nitrogens with zero attached hydrogens (tertiary/aromatic N) is 2. The molecule has 1 saturated carbocycles. The zero-order valence-corrected chi connectivity index (χ0v) is 21.4. The predicted octanol–water partition coefficient (Wildman–Crippen LogP) is 5.05. The molecule has 36 heavy (non-hydrogen) atoms. The molecule has 1 atom stereocenters. The van der Waals surface area contributed by atoms with Crippen molar-refractivity contribution in [1.29, 1.82) is 0 Å². The minimum absolute atomic E-state index is 0.0988. The minimum atomic E-state index is -0.589. The fourth-order valence-electron chi connectivity index (χ4n) is 4.55. The number of likely N-dealkylation sites (tertiary alicyclic amines) is 1. The summed E-state index contributed by atoms with van der Waals surface area (Å²) in [6, 6.07) is 5.89. The van der Waals surface area contributed by atoms with Gasteiger partial charge in [-0.25, -0.2) is 9.18 Å². The van der Waals surface area contributed by atoms with Crippen LogP contribution in [0.1, 0.15) is 75.2 Å². The van der Waals surface area contributed by atoms with E-state index < -0.39 is 5.60 Å².